The molecule has 2 aromatic heterocycles. The Morgan fingerprint density at radius 2 is 0.655 bits per heavy atom. The molecule has 7 aromatic carbocycles. The summed E-state index contributed by atoms with van der Waals surface area (Å²) in [6, 6.07) is 68.1. The first kappa shape index (κ1) is 36.0. The van der Waals surface area contributed by atoms with E-state index in [-0.39, 0.29) is 0 Å². The number of hydrogen-bond donors (Lipinski definition) is 0. The molecule has 0 radical (unpaired) electrons. The second-order valence-corrected chi connectivity index (χ2v) is 14.2. The second kappa shape index (κ2) is 17.0. The third-order valence-electron chi connectivity index (χ3n) is 10.4. The lowest BCUT2D eigenvalue weighted by molar-refractivity contribution is 1.27. The highest BCUT2D eigenvalue weighted by atomic mass is 14.7. The molecule has 9 rings (SSSR count). The monoisotopic (exact) mass is 740 g/mol. The first-order valence-electron chi connectivity index (χ1n) is 19.6. The van der Waals surface area contributed by atoms with Crippen LogP contribution in [0.2, 0.25) is 0 Å². The predicted octanol–water partition coefficient (Wildman–Crippen LogP) is 14.3. The summed E-state index contributed by atoms with van der Waals surface area (Å²) in [5.41, 5.74) is 13.0. The number of rotatable bonds is 10. The zero-order chi connectivity index (χ0) is 38.9. The molecule has 58 heavy (non-hydrogen) atoms. The van der Waals surface area contributed by atoms with Crippen molar-refractivity contribution in [3.63, 3.8) is 0 Å². The van der Waals surface area contributed by atoms with Gasteiger partial charge in [-0.1, -0.05) is 170 Å². The largest absolute Gasteiger partial charge is 0.256 e. The van der Waals surface area contributed by atoms with Crippen LogP contribution in [0, 0.1) is 0 Å². The highest BCUT2D eigenvalue weighted by Gasteiger charge is 2.10. The lowest BCUT2D eigenvalue weighted by atomic mass is 9.94. The fourth-order valence-electron chi connectivity index (χ4n) is 7.46. The van der Waals surface area contributed by atoms with Gasteiger partial charge in [-0.2, -0.15) is 0 Å². The zero-order valence-corrected chi connectivity index (χ0v) is 32.0. The highest BCUT2D eigenvalue weighted by molar-refractivity contribution is 6.01. The van der Waals surface area contributed by atoms with E-state index in [9.17, 15) is 0 Å². The predicted molar refractivity (Wildman–Crippen MR) is 247 cm³/mol. The smallest absolute Gasteiger partial charge is 0.0708 e. The van der Waals surface area contributed by atoms with Crippen LogP contribution in [-0.2, 0) is 0 Å². The van der Waals surface area contributed by atoms with Gasteiger partial charge in [-0.15, -0.1) is 0 Å². The molecule has 274 valence electrons. The standard InChI is InChI=1S/C56H40N2/c1-3-19-43(20-4-1)53(55-27-13-15-33-57-55)39-47-25-9-7-17-41(47)29-31-49-37-51-35-45-23-11-12-24-46(45)36-52(51)38-50(49)32-30-42-18-8-10-26-48(42)40-54(44-21-5-2-6-22-44)56-28-14-16-34-58-56/h1-40H/b31-29?,32-30?,53-39+,54-40+. The van der Waals surface area contributed by atoms with Gasteiger partial charge in [0.25, 0.3) is 0 Å². The van der Waals surface area contributed by atoms with E-state index in [0.717, 1.165) is 67.0 Å². The Bertz CT molecular complexity index is 2670. The van der Waals surface area contributed by atoms with Crippen molar-refractivity contribution >= 4 is 69.1 Å². The van der Waals surface area contributed by atoms with Crippen LogP contribution in [0.3, 0.4) is 0 Å². The van der Waals surface area contributed by atoms with E-state index >= 15 is 0 Å². The van der Waals surface area contributed by atoms with Crippen LogP contribution < -0.4 is 0 Å². The number of pyridine rings is 2. The molecule has 0 aliphatic carbocycles. The molecular weight excluding hydrogens is 701 g/mol. The fourth-order valence-corrected chi connectivity index (χ4v) is 7.46. The Balaban J connectivity index is 1.15. The maximum absolute atomic E-state index is 4.73. The van der Waals surface area contributed by atoms with Crippen molar-refractivity contribution in [1.29, 1.82) is 0 Å². The first-order chi connectivity index (χ1) is 28.7. The maximum Gasteiger partial charge on any atom is 0.0708 e. The zero-order valence-electron chi connectivity index (χ0n) is 32.0. The molecule has 2 heteroatoms. The third kappa shape index (κ3) is 8.14. The van der Waals surface area contributed by atoms with Crippen LogP contribution in [0.1, 0.15) is 55.9 Å². The number of hydrogen-bond acceptors (Lipinski definition) is 2. The Kier molecular flexibility index (Phi) is 10.5. The molecule has 0 N–H and O–H groups in total. The molecule has 9 aromatic rings. The Hall–Kier alpha value is -7.68. The molecule has 0 spiro atoms. The van der Waals surface area contributed by atoms with E-state index in [1.54, 1.807) is 0 Å². The second-order valence-electron chi connectivity index (χ2n) is 14.2. The van der Waals surface area contributed by atoms with Crippen LogP contribution >= 0.6 is 0 Å². The summed E-state index contributed by atoms with van der Waals surface area (Å²) < 4.78 is 0. The summed E-state index contributed by atoms with van der Waals surface area (Å²) in [6.45, 7) is 0. The minimum Gasteiger partial charge on any atom is -0.256 e. The van der Waals surface area contributed by atoms with Crippen molar-refractivity contribution in [3.8, 4) is 0 Å². The van der Waals surface area contributed by atoms with Crippen molar-refractivity contribution in [2.75, 3.05) is 0 Å². The Morgan fingerprint density at radius 3 is 1.07 bits per heavy atom. The molecule has 0 atom stereocenters. The van der Waals surface area contributed by atoms with E-state index < -0.39 is 0 Å². The molecule has 0 bridgehead atoms. The van der Waals surface area contributed by atoms with E-state index in [4.69, 9.17) is 9.97 Å². The number of benzene rings is 7. The number of aromatic nitrogens is 2. The van der Waals surface area contributed by atoms with E-state index in [0.29, 0.717) is 0 Å². The van der Waals surface area contributed by atoms with Crippen LogP contribution in [0.15, 0.2) is 207 Å². The first-order valence-corrected chi connectivity index (χ1v) is 19.6. The van der Waals surface area contributed by atoms with Gasteiger partial charge < -0.3 is 0 Å². The Morgan fingerprint density at radius 1 is 0.293 bits per heavy atom. The molecule has 0 fully saturated rings. The summed E-state index contributed by atoms with van der Waals surface area (Å²) in [5.74, 6) is 0. The minimum atomic E-state index is 0.938. The molecule has 2 nitrogen and oxygen atoms in total. The van der Waals surface area contributed by atoms with E-state index in [1.165, 1.54) is 21.5 Å². The van der Waals surface area contributed by atoms with Gasteiger partial charge in [0.1, 0.15) is 0 Å². The van der Waals surface area contributed by atoms with Crippen molar-refractivity contribution < 1.29 is 0 Å². The van der Waals surface area contributed by atoms with Crippen molar-refractivity contribution in [2.24, 2.45) is 0 Å². The normalized spacial score (nSPS) is 12.2. The molecule has 0 saturated heterocycles. The van der Waals surface area contributed by atoms with Gasteiger partial charge >= 0.3 is 0 Å². The van der Waals surface area contributed by atoms with Crippen LogP contribution in [0.4, 0.5) is 0 Å². The molecule has 0 aliphatic heterocycles. The van der Waals surface area contributed by atoms with Crippen molar-refractivity contribution in [2.45, 2.75) is 0 Å². The topological polar surface area (TPSA) is 25.8 Å². The summed E-state index contributed by atoms with van der Waals surface area (Å²) >= 11 is 0. The molecule has 0 unspecified atom stereocenters. The van der Waals surface area contributed by atoms with Gasteiger partial charge in [0.15, 0.2) is 0 Å². The minimum absolute atomic E-state index is 0.938. The molecule has 0 saturated carbocycles. The SMILES string of the molecule is C(=Cc1ccccc1/C=C(\c1ccccc1)c1ccccn1)c1cc2cc3ccccc3cc2cc1C=Cc1ccccc1/C=C(\c1ccccc1)c1ccccn1. The van der Waals surface area contributed by atoms with Gasteiger partial charge in [0, 0.05) is 23.5 Å². The van der Waals surface area contributed by atoms with Gasteiger partial charge in [-0.3, -0.25) is 9.97 Å². The van der Waals surface area contributed by atoms with E-state index in [1.807, 2.05) is 48.8 Å². The molecule has 2 heterocycles. The van der Waals surface area contributed by atoms with Gasteiger partial charge in [-0.05, 0) is 127 Å². The van der Waals surface area contributed by atoms with Crippen LogP contribution in [-0.4, -0.2) is 9.97 Å². The lowest BCUT2D eigenvalue weighted by Crippen LogP contribution is -1.92. The maximum atomic E-state index is 4.73. The van der Waals surface area contributed by atoms with E-state index in [2.05, 4.69) is 194 Å². The average Bonchev–Trinajstić information content (AvgIpc) is 3.29. The highest BCUT2D eigenvalue weighted by Crippen LogP contribution is 2.31. The number of fused-ring (bicyclic) bond motifs is 2. The lowest BCUT2D eigenvalue weighted by Gasteiger charge is -2.11. The number of nitrogens with zero attached hydrogens (tertiary/aromatic N) is 2. The Labute approximate surface area is 340 Å². The summed E-state index contributed by atoms with van der Waals surface area (Å²) in [6.07, 6.45) is 17.2. The molecular formula is C56H40N2. The van der Waals surface area contributed by atoms with Crippen molar-refractivity contribution in [3.05, 3.63) is 262 Å². The van der Waals surface area contributed by atoms with Gasteiger partial charge in [0.05, 0.1) is 11.4 Å². The van der Waals surface area contributed by atoms with Crippen LogP contribution in [0.25, 0.3) is 69.1 Å². The average molecular weight is 741 g/mol. The fraction of sp³-hybridized carbons (Fsp3) is 0. The van der Waals surface area contributed by atoms with Crippen molar-refractivity contribution in [1.82, 2.24) is 9.97 Å². The summed E-state index contributed by atoms with van der Waals surface area (Å²) in [5, 5.41) is 4.87. The summed E-state index contributed by atoms with van der Waals surface area (Å²) in [4.78, 5) is 9.47. The quantitative estimate of drug-likeness (QED) is 0.103. The summed E-state index contributed by atoms with van der Waals surface area (Å²) in [7, 11) is 0. The molecule has 0 aliphatic rings. The van der Waals surface area contributed by atoms with Crippen LogP contribution in [0.5, 0.6) is 0 Å². The van der Waals surface area contributed by atoms with Gasteiger partial charge in [0.2, 0.25) is 0 Å². The van der Waals surface area contributed by atoms with Gasteiger partial charge in [-0.25, -0.2) is 0 Å². The third-order valence-corrected chi connectivity index (χ3v) is 10.4. The molecule has 0 amide bonds.